The van der Waals surface area contributed by atoms with Crippen LogP contribution in [0.15, 0.2) is 30.5 Å². The molecule has 1 aromatic carbocycles. The fourth-order valence-electron chi connectivity index (χ4n) is 2.05. The van der Waals surface area contributed by atoms with Gasteiger partial charge in [-0.2, -0.15) is 0 Å². The molecule has 0 saturated heterocycles. The lowest BCUT2D eigenvalue weighted by atomic mass is 10.1. The van der Waals surface area contributed by atoms with E-state index >= 15 is 0 Å². The second kappa shape index (κ2) is 4.49. The molecule has 80 valence electrons. The van der Waals surface area contributed by atoms with Gasteiger partial charge in [0.05, 0.1) is 0 Å². The van der Waals surface area contributed by atoms with Gasteiger partial charge in [-0.15, -0.1) is 0 Å². The van der Waals surface area contributed by atoms with Crippen LogP contribution in [0.2, 0.25) is 0 Å². The topological polar surface area (TPSA) is 27.8 Å². The van der Waals surface area contributed by atoms with Crippen molar-refractivity contribution in [3.05, 3.63) is 36.0 Å². The predicted octanol–water partition coefficient (Wildman–Crippen LogP) is 2.71. The maximum Gasteiger partial charge on any atom is 0.0456 e. The molecule has 1 aromatic heterocycles. The van der Waals surface area contributed by atoms with Crippen LogP contribution in [0.3, 0.4) is 0 Å². The first kappa shape index (κ1) is 10.2. The van der Waals surface area contributed by atoms with Crippen LogP contribution in [0.25, 0.3) is 10.9 Å². The van der Waals surface area contributed by atoms with Gasteiger partial charge in [-0.1, -0.05) is 25.1 Å². The lowest BCUT2D eigenvalue weighted by Gasteiger charge is -2.10. The quantitative estimate of drug-likeness (QED) is 0.784. The average Bonchev–Trinajstić information content (AvgIpc) is 2.62. The molecule has 2 aromatic rings. The zero-order chi connectivity index (χ0) is 10.7. The summed E-state index contributed by atoms with van der Waals surface area (Å²) in [6, 6.07) is 9.00. The van der Waals surface area contributed by atoms with Crippen molar-refractivity contribution in [1.82, 2.24) is 10.3 Å². The zero-order valence-electron chi connectivity index (χ0n) is 9.38. The van der Waals surface area contributed by atoms with Crippen LogP contribution in [-0.2, 0) is 6.42 Å². The van der Waals surface area contributed by atoms with Gasteiger partial charge < -0.3 is 10.3 Å². The van der Waals surface area contributed by atoms with Gasteiger partial charge in [0.1, 0.15) is 0 Å². The highest BCUT2D eigenvalue weighted by molar-refractivity contribution is 5.83. The second-order valence-electron chi connectivity index (χ2n) is 4.02. The molecule has 0 aliphatic heterocycles. The molecule has 0 aliphatic carbocycles. The van der Waals surface area contributed by atoms with Crippen LogP contribution < -0.4 is 5.32 Å². The summed E-state index contributed by atoms with van der Waals surface area (Å²) in [6.07, 6.45) is 3.20. The summed E-state index contributed by atoms with van der Waals surface area (Å²) in [5, 5.41) is 4.78. The molecule has 0 aliphatic rings. The number of H-pyrrole nitrogens is 1. The lowest BCUT2D eigenvalue weighted by molar-refractivity contribution is 0.567. The third kappa shape index (κ3) is 2.21. The van der Waals surface area contributed by atoms with Gasteiger partial charge in [0, 0.05) is 23.1 Å². The Kier molecular flexibility index (Phi) is 3.07. The Morgan fingerprint density at radius 1 is 1.33 bits per heavy atom. The van der Waals surface area contributed by atoms with Gasteiger partial charge in [-0.3, -0.25) is 0 Å². The molecule has 0 radical (unpaired) electrons. The zero-order valence-corrected chi connectivity index (χ0v) is 9.38. The SMILES string of the molecule is CCN[C@@H](C)Cc1c[nH]c2ccccc12. The number of hydrogen-bond acceptors (Lipinski definition) is 1. The molecule has 1 atom stereocenters. The number of para-hydroxylation sites is 1. The number of nitrogens with one attached hydrogen (secondary N) is 2. The summed E-state index contributed by atoms with van der Waals surface area (Å²) in [5.74, 6) is 0. The molecule has 0 fully saturated rings. The molecular formula is C13H18N2. The van der Waals surface area contributed by atoms with Crippen LogP contribution in [0.5, 0.6) is 0 Å². The molecule has 2 nitrogen and oxygen atoms in total. The predicted molar refractivity (Wildman–Crippen MR) is 65.1 cm³/mol. The molecule has 15 heavy (non-hydrogen) atoms. The minimum atomic E-state index is 0.536. The summed E-state index contributed by atoms with van der Waals surface area (Å²) in [6.45, 7) is 5.40. The highest BCUT2D eigenvalue weighted by atomic mass is 14.9. The number of fused-ring (bicyclic) bond motifs is 1. The minimum absolute atomic E-state index is 0.536. The Hall–Kier alpha value is -1.28. The van der Waals surface area contributed by atoms with E-state index in [4.69, 9.17) is 0 Å². The van der Waals surface area contributed by atoms with E-state index < -0.39 is 0 Å². The minimum Gasteiger partial charge on any atom is -0.361 e. The monoisotopic (exact) mass is 202 g/mol. The van der Waals surface area contributed by atoms with Crippen molar-refractivity contribution in [2.45, 2.75) is 26.3 Å². The normalized spacial score (nSPS) is 13.2. The van der Waals surface area contributed by atoms with Crippen LogP contribution >= 0.6 is 0 Å². The molecule has 1 heterocycles. The van der Waals surface area contributed by atoms with Crippen molar-refractivity contribution in [2.24, 2.45) is 0 Å². The van der Waals surface area contributed by atoms with Crippen molar-refractivity contribution in [2.75, 3.05) is 6.54 Å². The highest BCUT2D eigenvalue weighted by Gasteiger charge is 2.06. The summed E-state index contributed by atoms with van der Waals surface area (Å²) in [4.78, 5) is 3.31. The smallest absolute Gasteiger partial charge is 0.0456 e. The van der Waals surface area contributed by atoms with Gasteiger partial charge >= 0.3 is 0 Å². The fraction of sp³-hybridized carbons (Fsp3) is 0.385. The summed E-state index contributed by atoms with van der Waals surface area (Å²) >= 11 is 0. The Balaban J connectivity index is 2.21. The van der Waals surface area contributed by atoms with Gasteiger partial charge in [-0.25, -0.2) is 0 Å². The molecular weight excluding hydrogens is 184 g/mol. The molecule has 0 spiro atoms. The summed E-state index contributed by atoms with van der Waals surface area (Å²) < 4.78 is 0. The number of benzene rings is 1. The third-order valence-electron chi connectivity index (χ3n) is 2.75. The van der Waals surface area contributed by atoms with E-state index in [1.807, 2.05) is 0 Å². The van der Waals surface area contributed by atoms with E-state index in [-0.39, 0.29) is 0 Å². The molecule has 2 N–H and O–H groups in total. The van der Waals surface area contributed by atoms with Gasteiger partial charge in [0.25, 0.3) is 0 Å². The van der Waals surface area contributed by atoms with Crippen molar-refractivity contribution in [1.29, 1.82) is 0 Å². The maximum atomic E-state index is 3.43. The van der Waals surface area contributed by atoms with E-state index in [9.17, 15) is 0 Å². The van der Waals surface area contributed by atoms with Gasteiger partial charge in [-0.05, 0) is 31.5 Å². The number of aromatic nitrogens is 1. The largest absolute Gasteiger partial charge is 0.361 e. The van der Waals surface area contributed by atoms with Gasteiger partial charge in [0.15, 0.2) is 0 Å². The molecule has 2 rings (SSSR count). The fourth-order valence-corrected chi connectivity index (χ4v) is 2.05. The summed E-state index contributed by atoms with van der Waals surface area (Å²) in [7, 11) is 0. The van der Waals surface area contributed by atoms with Gasteiger partial charge in [0.2, 0.25) is 0 Å². The number of rotatable bonds is 4. The summed E-state index contributed by atoms with van der Waals surface area (Å²) in [5.41, 5.74) is 2.63. The van der Waals surface area contributed by atoms with E-state index in [0.29, 0.717) is 6.04 Å². The molecule has 2 heteroatoms. The van der Waals surface area contributed by atoms with E-state index in [2.05, 4.69) is 54.6 Å². The molecule has 0 unspecified atom stereocenters. The second-order valence-corrected chi connectivity index (χ2v) is 4.02. The number of aromatic amines is 1. The highest BCUT2D eigenvalue weighted by Crippen LogP contribution is 2.18. The Labute approximate surface area is 90.7 Å². The van der Waals surface area contributed by atoms with E-state index in [1.165, 1.54) is 16.5 Å². The standard InChI is InChI=1S/C13H18N2/c1-3-14-10(2)8-11-9-15-13-7-5-4-6-12(11)13/h4-7,9-10,14-15H,3,8H2,1-2H3/t10-/m0/s1. The molecule has 0 amide bonds. The van der Waals surface area contributed by atoms with Crippen molar-refractivity contribution >= 4 is 10.9 Å². The first-order valence-corrected chi connectivity index (χ1v) is 5.59. The third-order valence-corrected chi connectivity index (χ3v) is 2.75. The first-order chi connectivity index (χ1) is 7.31. The lowest BCUT2D eigenvalue weighted by Crippen LogP contribution is -2.27. The molecule has 0 saturated carbocycles. The number of likely N-dealkylation sites (N-methyl/N-ethyl adjacent to an activating group) is 1. The average molecular weight is 202 g/mol. The van der Waals surface area contributed by atoms with Crippen molar-refractivity contribution in [3.63, 3.8) is 0 Å². The van der Waals surface area contributed by atoms with E-state index in [0.717, 1.165) is 13.0 Å². The van der Waals surface area contributed by atoms with Crippen molar-refractivity contribution < 1.29 is 0 Å². The van der Waals surface area contributed by atoms with Crippen molar-refractivity contribution in [3.8, 4) is 0 Å². The first-order valence-electron chi connectivity index (χ1n) is 5.59. The Bertz CT molecular complexity index is 431. The van der Waals surface area contributed by atoms with E-state index in [1.54, 1.807) is 0 Å². The van der Waals surface area contributed by atoms with Crippen LogP contribution in [0.1, 0.15) is 19.4 Å². The van der Waals surface area contributed by atoms with Crippen LogP contribution in [0, 0.1) is 0 Å². The van der Waals surface area contributed by atoms with Crippen LogP contribution in [0.4, 0.5) is 0 Å². The number of hydrogen-bond donors (Lipinski definition) is 2. The molecule has 0 bridgehead atoms. The Morgan fingerprint density at radius 2 is 2.13 bits per heavy atom. The maximum absolute atomic E-state index is 3.43. The Morgan fingerprint density at radius 3 is 2.93 bits per heavy atom. The van der Waals surface area contributed by atoms with Crippen LogP contribution in [-0.4, -0.2) is 17.6 Å².